The number of allylic oxidation sites excluding steroid dienone is 1. The van der Waals surface area contributed by atoms with E-state index in [4.69, 9.17) is 9.15 Å². The summed E-state index contributed by atoms with van der Waals surface area (Å²) in [6.45, 7) is 0.0268. The lowest BCUT2D eigenvalue weighted by Gasteiger charge is -2.03. The highest BCUT2D eigenvalue weighted by Crippen LogP contribution is 2.23. The van der Waals surface area contributed by atoms with Gasteiger partial charge >= 0.3 is 0 Å². The third kappa shape index (κ3) is 4.69. The van der Waals surface area contributed by atoms with Crippen molar-refractivity contribution in [2.45, 2.75) is 11.5 Å². The fourth-order valence-electron chi connectivity index (χ4n) is 2.39. The van der Waals surface area contributed by atoms with Gasteiger partial charge in [0.05, 0.1) is 9.82 Å². The van der Waals surface area contributed by atoms with E-state index in [2.05, 4.69) is 0 Å². The highest BCUT2D eigenvalue weighted by molar-refractivity contribution is 7.95. The molecule has 0 saturated carbocycles. The second-order valence-electron chi connectivity index (χ2n) is 5.78. The largest absolute Gasteiger partial charge is 0.486 e. The van der Waals surface area contributed by atoms with E-state index < -0.39 is 19.7 Å². The number of benzene rings is 2. The minimum Gasteiger partial charge on any atom is -0.486 e. The topological polar surface area (TPSA) is 123 Å². The molecule has 0 unspecified atom stereocenters. The Labute approximate surface area is 166 Å². The maximum Gasteiger partial charge on any atom is 0.269 e. The average molecular weight is 410 g/mol. The van der Waals surface area contributed by atoms with Gasteiger partial charge in [-0.3, -0.25) is 10.1 Å². The van der Waals surface area contributed by atoms with E-state index in [1.165, 1.54) is 42.5 Å². The molecule has 0 aliphatic rings. The molecule has 1 aromatic heterocycles. The molecule has 0 radical (unpaired) electrons. The Kier molecular flexibility index (Phi) is 5.76. The monoisotopic (exact) mass is 410 g/mol. The lowest BCUT2D eigenvalue weighted by molar-refractivity contribution is -0.384. The SMILES string of the molecule is N#C/C(=C/c1ccc(COc2ccc([N+](=O)[O-])cc2)o1)S(=O)(=O)c1ccccc1. The number of hydrogen-bond donors (Lipinski definition) is 0. The molecule has 0 amide bonds. The molecule has 0 fully saturated rings. The smallest absolute Gasteiger partial charge is 0.269 e. The Bertz CT molecular complexity index is 1190. The molecule has 8 nitrogen and oxygen atoms in total. The van der Waals surface area contributed by atoms with Gasteiger partial charge in [0, 0.05) is 18.2 Å². The van der Waals surface area contributed by atoms with E-state index in [1.54, 1.807) is 30.3 Å². The minimum atomic E-state index is -3.95. The van der Waals surface area contributed by atoms with Crippen LogP contribution < -0.4 is 4.74 Å². The van der Waals surface area contributed by atoms with Crippen LogP contribution in [0.4, 0.5) is 5.69 Å². The van der Waals surface area contributed by atoms with Crippen molar-refractivity contribution >= 4 is 21.6 Å². The van der Waals surface area contributed by atoms with E-state index >= 15 is 0 Å². The highest BCUT2D eigenvalue weighted by atomic mass is 32.2. The maximum atomic E-state index is 12.6. The van der Waals surface area contributed by atoms with E-state index in [-0.39, 0.29) is 22.9 Å². The summed E-state index contributed by atoms with van der Waals surface area (Å²) in [6, 6.07) is 18.0. The maximum absolute atomic E-state index is 12.6. The van der Waals surface area contributed by atoms with Crippen LogP contribution >= 0.6 is 0 Å². The predicted molar refractivity (Wildman–Crippen MR) is 103 cm³/mol. The lowest BCUT2D eigenvalue weighted by atomic mass is 10.3. The zero-order valence-electron chi connectivity index (χ0n) is 14.9. The zero-order chi connectivity index (χ0) is 20.9. The Morgan fingerprint density at radius 2 is 1.79 bits per heavy atom. The Morgan fingerprint density at radius 3 is 2.41 bits per heavy atom. The van der Waals surface area contributed by atoms with Crippen molar-refractivity contribution in [2.75, 3.05) is 0 Å². The number of nitrogens with zero attached hydrogens (tertiary/aromatic N) is 2. The second-order valence-corrected chi connectivity index (χ2v) is 7.70. The number of rotatable bonds is 7. The van der Waals surface area contributed by atoms with Crippen molar-refractivity contribution in [3.05, 3.63) is 93.3 Å². The van der Waals surface area contributed by atoms with Gasteiger partial charge in [0.15, 0.2) is 4.91 Å². The number of nitro groups is 1. The molecule has 1 heterocycles. The highest BCUT2D eigenvalue weighted by Gasteiger charge is 2.21. The van der Waals surface area contributed by atoms with E-state index in [0.717, 1.165) is 6.08 Å². The van der Waals surface area contributed by atoms with Gasteiger partial charge < -0.3 is 9.15 Å². The fourth-order valence-corrected chi connectivity index (χ4v) is 3.55. The van der Waals surface area contributed by atoms with E-state index in [0.29, 0.717) is 11.5 Å². The van der Waals surface area contributed by atoms with Gasteiger partial charge in [-0.05, 0) is 36.4 Å². The number of nitro benzene ring substituents is 1. The van der Waals surface area contributed by atoms with Gasteiger partial charge in [-0.25, -0.2) is 8.42 Å². The molecule has 29 heavy (non-hydrogen) atoms. The van der Waals surface area contributed by atoms with Crippen LogP contribution in [-0.2, 0) is 16.4 Å². The second kappa shape index (κ2) is 8.41. The molecule has 0 bridgehead atoms. The van der Waals surface area contributed by atoms with Crippen LogP contribution in [0.15, 0.2) is 80.9 Å². The Balaban J connectivity index is 1.73. The third-order valence-corrected chi connectivity index (χ3v) is 5.52. The van der Waals surface area contributed by atoms with Gasteiger partial charge in [0.1, 0.15) is 29.9 Å². The first-order valence-corrected chi connectivity index (χ1v) is 9.76. The van der Waals surface area contributed by atoms with Crippen LogP contribution in [0.2, 0.25) is 0 Å². The van der Waals surface area contributed by atoms with E-state index in [9.17, 15) is 23.8 Å². The molecule has 0 aliphatic carbocycles. The number of furan rings is 1. The normalized spacial score (nSPS) is 11.6. The molecule has 146 valence electrons. The van der Waals surface area contributed by atoms with Crippen LogP contribution in [-0.4, -0.2) is 13.3 Å². The number of sulfone groups is 1. The summed E-state index contributed by atoms with van der Waals surface area (Å²) in [7, 11) is -3.95. The minimum absolute atomic E-state index is 0.0149. The van der Waals surface area contributed by atoms with Crippen LogP contribution in [0.1, 0.15) is 11.5 Å². The van der Waals surface area contributed by atoms with Crippen molar-refractivity contribution < 1.29 is 22.5 Å². The summed E-state index contributed by atoms with van der Waals surface area (Å²) in [5.74, 6) is 0.987. The zero-order valence-corrected chi connectivity index (χ0v) is 15.7. The summed E-state index contributed by atoms with van der Waals surface area (Å²) in [6.07, 6.45) is 1.15. The number of ether oxygens (including phenoxy) is 1. The van der Waals surface area contributed by atoms with E-state index in [1.807, 2.05) is 0 Å². The molecule has 0 atom stereocenters. The number of nitriles is 1. The van der Waals surface area contributed by atoms with Gasteiger partial charge in [0.25, 0.3) is 5.69 Å². The summed E-state index contributed by atoms with van der Waals surface area (Å²) in [5.41, 5.74) is -0.0496. The lowest BCUT2D eigenvalue weighted by Crippen LogP contribution is -2.03. The van der Waals surface area contributed by atoms with Crippen LogP contribution in [0.3, 0.4) is 0 Å². The fraction of sp³-hybridized carbons (Fsp3) is 0.0500. The van der Waals surface area contributed by atoms with Crippen LogP contribution in [0, 0.1) is 21.4 Å². The number of hydrogen-bond acceptors (Lipinski definition) is 7. The Hall–Kier alpha value is -3.90. The molecule has 0 aliphatic heterocycles. The molecule has 2 aromatic carbocycles. The molecule has 9 heteroatoms. The predicted octanol–water partition coefficient (Wildman–Crippen LogP) is 4.11. The first-order chi connectivity index (χ1) is 13.9. The summed E-state index contributed by atoms with van der Waals surface area (Å²) >= 11 is 0. The molecular formula is C20H14N2O6S. The first kappa shape index (κ1) is 19.9. The molecule has 3 aromatic rings. The van der Waals surface area contributed by atoms with Crippen molar-refractivity contribution in [3.8, 4) is 11.8 Å². The average Bonchev–Trinajstić information content (AvgIpc) is 3.19. The van der Waals surface area contributed by atoms with Crippen molar-refractivity contribution in [1.82, 2.24) is 0 Å². The van der Waals surface area contributed by atoms with Crippen LogP contribution in [0.25, 0.3) is 6.08 Å². The summed E-state index contributed by atoms with van der Waals surface area (Å²) in [4.78, 5) is 9.71. The first-order valence-electron chi connectivity index (χ1n) is 8.28. The molecule has 0 spiro atoms. The molecule has 0 saturated heterocycles. The van der Waals surface area contributed by atoms with Gasteiger partial charge in [-0.1, -0.05) is 18.2 Å². The molecule has 0 N–H and O–H groups in total. The summed E-state index contributed by atoms with van der Waals surface area (Å²) in [5, 5.41) is 19.9. The van der Waals surface area contributed by atoms with Crippen molar-refractivity contribution in [1.29, 1.82) is 5.26 Å². The quantitative estimate of drug-likeness (QED) is 0.326. The summed E-state index contributed by atoms with van der Waals surface area (Å²) < 4.78 is 36.1. The van der Waals surface area contributed by atoms with Crippen molar-refractivity contribution in [3.63, 3.8) is 0 Å². The number of non-ortho nitro benzene ring substituents is 1. The molecular weight excluding hydrogens is 396 g/mol. The third-order valence-electron chi connectivity index (χ3n) is 3.84. The van der Waals surface area contributed by atoms with Gasteiger partial charge in [-0.15, -0.1) is 0 Å². The standard InChI is InChI=1S/C20H14N2O6S/c21-13-20(29(25,26)19-4-2-1-3-5-19)12-17-10-11-18(28-17)14-27-16-8-6-15(7-9-16)22(23)24/h1-12H,14H2/b20-12-. The molecule has 3 rings (SSSR count). The van der Waals surface area contributed by atoms with Gasteiger partial charge in [-0.2, -0.15) is 5.26 Å². The van der Waals surface area contributed by atoms with Gasteiger partial charge in [0.2, 0.25) is 9.84 Å². The van der Waals surface area contributed by atoms with Crippen LogP contribution in [0.5, 0.6) is 5.75 Å². The Morgan fingerprint density at radius 1 is 1.10 bits per heavy atom. The van der Waals surface area contributed by atoms with Crippen molar-refractivity contribution in [2.24, 2.45) is 0 Å².